The summed E-state index contributed by atoms with van der Waals surface area (Å²) < 4.78 is 27.4. The number of benzene rings is 1. The second kappa shape index (κ2) is 5.28. The summed E-state index contributed by atoms with van der Waals surface area (Å²) in [5.74, 6) is 0. The van der Waals surface area contributed by atoms with E-state index >= 15 is 0 Å². The SMILES string of the molecule is Cc1c(Br)cc(CN)cc1S(=O)(=O)N1CCCC1. The standard InChI is InChI=1S/C12H17BrN2O2S/c1-9-11(13)6-10(8-14)7-12(9)18(16,17)15-4-2-3-5-15/h6-7H,2-5,8,14H2,1H3. The molecule has 100 valence electrons. The molecule has 1 aliphatic heterocycles. The first kappa shape index (κ1) is 14.0. The van der Waals surface area contributed by atoms with Crippen molar-refractivity contribution in [3.8, 4) is 0 Å². The van der Waals surface area contributed by atoms with Gasteiger partial charge in [-0.1, -0.05) is 15.9 Å². The van der Waals surface area contributed by atoms with Crippen LogP contribution >= 0.6 is 15.9 Å². The Labute approximate surface area is 116 Å². The Morgan fingerprint density at radius 3 is 2.50 bits per heavy atom. The van der Waals surface area contributed by atoms with Gasteiger partial charge in [0, 0.05) is 24.1 Å². The van der Waals surface area contributed by atoms with Gasteiger partial charge in [0.2, 0.25) is 10.0 Å². The van der Waals surface area contributed by atoms with Crippen LogP contribution in [0.2, 0.25) is 0 Å². The molecular weight excluding hydrogens is 316 g/mol. The summed E-state index contributed by atoms with van der Waals surface area (Å²) in [7, 11) is -3.38. The summed E-state index contributed by atoms with van der Waals surface area (Å²) in [6, 6.07) is 3.56. The number of hydrogen-bond acceptors (Lipinski definition) is 3. The van der Waals surface area contributed by atoms with Crippen molar-refractivity contribution in [1.29, 1.82) is 0 Å². The second-order valence-corrected chi connectivity index (χ2v) is 7.28. The first-order chi connectivity index (χ1) is 8.46. The smallest absolute Gasteiger partial charge is 0.243 e. The Hall–Kier alpha value is -0.430. The van der Waals surface area contributed by atoms with Crippen LogP contribution in [-0.4, -0.2) is 25.8 Å². The lowest BCUT2D eigenvalue weighted by Gasteiger charge is -2.18. The lowest BCUT2D eigenvalue weighted by molar-refractivity contribution is 0.477. The van der Waals surface area contributed by atoms with Crippen molar-refractivity contribution in [3.63, 3.8) is 0 Å². The molecular formula is C12H17BrN2O2S. The third-order valence-electron chi connectivity index (χ3n) is 3.28. The maximum Gasteiger partial charge on any atom is 0.243 e. The van der Waals surface area contributed by atoms with Crippen molar-refractivity contribution in [3.05, 3.63) is 27.7 Å². The van der Waals surface area contributed by atoms with E-state index in [4.69, 9.17) is 5.73 Å². The lowest BCUT2D eigenvalue weighted by atomic mass is 10.1. The second-order valence-electron chi connectivity index (χ2n) is 4.52. The van der Waals surface area contributed by atoms with Crippen LogP contribution in [0.5, 0.6) is 0 Å². The van der Waals surface area contributed by atoms with Gasteiger partial charge >= 0.3 is 0 Å². The summed E-state index contributed by atoms with van der Waals surface area (Å²) in [6.45, 7) is 3.38. The third-order valence-corrected chi connectivity index (χ3v) is 6.12. The number of nitrogens with two attached hydrogens (primary N) is 1. The maximum absolute atomic E-state index is 12.5. The van der Waals surface area contributed by atoms with Crippen LogP contribution in [0.1, 0.15) is 24.0 Å². The number of sulfonamides is 1. The van der Waals surface area contributed by atoms with Gasteiger partial charge in [0.15, 0.2) is 0 Å². The zero-order valence-electron chi connectivity index (χ0n) is 10.3. The molecule has 1 saturated heterocycles. The van der Waals surface area contributed by atoms with E-state index in [2.05, 4.69) is 15.9 Å². The van der Waals surface area contributed by atoms with E-state index in [9.17, 15) is 8.42 Å². The highest BCUT2D eigenvalue weighted by Gasteiger charge is 2.29. The van der Waals surface area contributed by atoms with E-state index in [0.717, 1.165) is 28.4 Å². The molecule has 6 heteroatoms. The Morgan fingerprint density at radius 1 is 1.33 bits per heavy atom. The van der Waals surface area contributed by atoms with E-state index in [0.29, 0.717) is 24.5 Å². The van der Waals surface area contributed by atoms with Crippen molar-refractivity contribution in [1.82, 2.24) is 4.31 Å². The molecule has 4 nitrogen and oxygen atoms in total. The molecule has 1 fully saturated rings. The van der Waals surface area contributed by atoms with Crippen molar-refractivity contribution in [2.75, 3.05) is 13.1 Å². The van der Waals surface area contributed by atoms with Gasteiger partial charge in [-0.2, -0.15) is 4.31 Å². The van der Waals surface area contributed by atoms with E-state index < -0.39 is 10.0 Å². The van der Waals surface area contributed by atoms with Crippen LogP contribution in [0, 0.1) is 6.92 Å². The molecule has 0 aromatic heterocycles. The summed E-state index contributed by atoms with van der Waals surface area (Å²) in [5.41, 5.74) is 7.18. The summed E-state index contributed by atoms with van der Waals surface area (Å²) in [5, 5.41) is 0. The van der Waals surface area contributed by atoms with Gasteiger partial charge in [-0.3, -0.25) is 0 Å². The molecule has 1 heterocycles. The van der Waals surface area contributed by atoms with Crippen LogP contribution in [-0.2, 0) is 16.6 Å². The maximum atomic E-state index is 12.5. The quantitative estimate of drug-likeness (QED) is 0.920. The van der Waals surface area contributed by atoms with Crippen LogP contribution in [0.25, 0.3) is 0 Å². The largest absolute Gasteiger partial charge is 0.326 e. The Morgan fingerprint density at radius 2 is 1.94 bits per heavy atom. The first-order valence-corrected chi connectivity index (χ1v) is 8.19. The fourth-order valence-corrected chi connectivity index (χ4v) is 4.61. The summed E-state index contributed by atoms with van der Waals surface area (Å²) >= 11 is 3.40. The molecule has 2 N–H and O–H groups in total. The molecule has 2 rings (SSSR count). The molecule has 1 aliphatic rings. The molecule has 18 heavy (non-hydrogen) atoms. The highest BCUT2D eigenvalue weighted by atomic mass is 79.9. The predicted molar refractivity (Wildman–Crippen MR) is 74.8 cm³/mol. The molecule has 0 aliphatic carbocycles. The van der Waals surface area contributed by atoms with E-state index in [1.807, 2.05) is 13.0 Å². The number of nitrogens with zero attached hydrogens (tertiary/aromatic N) is 1. The van der Waals surface area contributed by atoms with Crippen molar-refractivity contribution < 1.29 is 8.42 Å². The van der Waals surface area contributed by atoms with Crippen molar-refractivity contribution in [2.45, 2.75) is 31.2 Å². The van der Waals surface area contributed by atoms with Gasteiger partial charge in [0.05, 0.1) is 4.90 Å². The highest BCUT2D eigenvalue weighted by Crippen LogP contribution is 2.29. The van der Waals surface area contributed by atoms with Crippen LogP contribution in [0.15, 0.2) is 21.5 Å². The van der Waals surface area contributed by atoms with E-state index in [1.54, 1.807) is 10.4 Å². The van der Waals surface area contributed by atoms with Gasteiger partial charge in [0.25, 0.3) is 0 Å². The molecule has 1 aromatic carbocycles. The van der Waals surface area contributed by atoms with E-state index in [-0.39, 0.29) is 0 Å². The minimum atomic E-state index is -3.38. The van der Waals surface area contributed by atoms with Gasteiger partial charge < -0.3 is 5.73 Å². The van der Waals surface area contributed by atoms with E-state index in [1.165, 1.54) is 0 Å². The fraction of sp³-hybridized carbons (Fsp3) is 0.500. The van der Waals surface area contributed by atoms with Crippen LogP contribution in [0.4, 0.5) is 0 Å². The minimum absolute atomic E-state index is 0.335. The zero-order valence-corrected chi connectivity index (χ0v) is 12.7. The number of halogens is 1. The normalized spacial score (nSPS) is 17.3. The zero-order chi connectivity index (χ0) is 13.3. The molecule has 0 unspecified atom stereocenters. The van der Waals surface area contributed by atoms with Crippen LogP contribution < -0.4 is 5.73 Å². The van der Waals surface area contributed by atoms with Gasteiger partial charge in [-0.15, -0.1) is 0 Å². The third kappa shape index (κ3) is 2.47. The molecule has 0 radical (unpaired) electrons. The van der Waals surface area contributed by atoms with Gasteiger partial charge in [-0.25, -0.2) is 8.42 Å². The molecule has 0 atom stereocenters. The van der Waals surface area contributed by atoms with Crippen LogP contribution in [0.3, 0.4) is 0 Å². The average molecular weight is 333 g/mol. The van der Waals surface area contributed by atoms with Crippen molar-refractivity contribution >= 4 is 26.0 Å². The van der Waals surface area contributed by atoms with Gasteiger partial charge in [-0.05, 0) is 43.0 Å². The monoisotopic (exact) mass is 332 g/mol. The summed E-state index contributed by atoms with van der Waals surface area (Å²) in [4.78, 5) is 0.374. The van der Waals surface area contributed by atoms with Gasteiger partial charge in [0.1, 0.15) is 0 Å². The number of rotatable bonds is 3. The molecule has 0 spiro atoms. The fourth-order valence-electron chi connectivity index (χ4n) is 2.16. The molecule has 1 aromatic rings. The lowest BCUT2D eigenvalue weighted by Crippen LogP contribution is -2.28. The Balaban J connectivity index is 2.52. The topological polar surface area (TPSA) is 63.4 Å². The minimum Gasteiger partial charge on any atom is -0.326 e. The number of hydrogen-bond donors (Lipinski definition) is 1. The molecule has 0 bridgehead atoms. The Kier molecular flexibility index (Phi) is 4.11. The first-order valence-electron chi connectivity index (χ1n) is 5.96. The predicted octanol–water partition coefficient (Wildman–Crippen LogP) is 2.00. The Bertz CT molecular complexity index is 551. The average Bonchev–Trinajstić information content (AvgIpc) is 2.86. The van der Waals surface area contributed by atoms with Crippen molar-refractivity contribution in [2.24, 2.45) is 5.73 Å². The molecule has 0 saturated carbocycles. The summed E-state index contributed by atoms with van der Waals surface area (Å²) in [6.07, 6.45) is 1.88. The highest BCUT2D eigenvalue weighted by molar-refractivity contribution is 9.10. The molecule has 0 amide bonds.